The van der Waals surface area contributed by atoms with E-state index in [1.807, 2.05) is 0 Å². The summed E-state index contributed by atoms with van der Waals surface area (Å²) in [7, 11) is 0. The van der Waals surface area contributed by atoms with Gasteiger partial charge in [0.25, 0.3) is 0 Å². The maximum Gasteiger partial charge on any atom is 0.324 e. The van der Waals surface area contributed by atoms with Gasteiger partial charge in [-0.1, -0.05) is 0 Å². The lowest BCUT2D eigenvalue weighted by molar-refractivity contribution is -0.140. The normalized spacial score (nSPS) is 28.2. The topological polar surface area (TPSA) is 58.6 Å². The van der Waals surface area contributed by atoms with E-state index in [1.54, 1.807) is 0 Å². The Bertz CT molecular complexity index is 101. The number of aliphatic carboxylic acids is 1. The fourth-order valence-electron chi connectivity index (χ4n) is 0.350. The molecule has 1 aliphatic rings. The summed E-state index contributed by atoms with van der Waals surface area (Å²) in [6.07, 6.45) is 0. The van der Waals surface area contributed by atoms with Crippen LogP contribution in [0.2, 0.25) is 0 Å². The Kier molecular flexibility index (Phi) is 1.72. The second kappa shape index (κ2) is 2.34. The maximum absolute atomic E-state index is 10.0. The van der Waals surface area contributed by atoms with Gasteiger partial charge in [0.1, 0.15) is 6.04 Å². The highest BCUT2D eigenvalue weighted by Crippen LogP contribution is 2.10. The smallest absolute Gasteiger partial charge is 0.324 e. The van der Waals surface area contributed by atoms with Crippen molar-refractivity contribution in [2.24, 2.45) is 0 Å². The number of hydrogen-bond donors (Lipinski definition) is 2. The molecule has 4 nitrogen and oxygen atoms in total. The van der Waals surface area contributed by atoms with Crippen molar-refractivity contribution in [1.82, 2.24) is 5.48 Å². The van der Waals surface area contributed by atoms with E-state index in [2.05, 4.69) is 9.76 Å². The van der Waals surface area contributed by atoms with Gasteiger partial charge in [-0.15, -0.1) is 0 Å². The first-order valence-corrected chi connectivity index (χ1v) is 2.98. The van der Waals surface area contributed by atoms with Crippen molar-refractivity contribution in [3.8, 4) is 0 Å². The highest BCUT2D eigenvalue weighted by atomic mass is 32.2. The van der Waals surface area contributed by atoms with Gasteiger partial charge >= 0.3 is 5.97 Å². The number of nitrogens with one attached hydrogen (secondary N) is 1. The molecule has 0 aromatic rings. The quantitative estimate of drug-likeness (QED) is 0.480. The minimum Gasteiger partial charge on any atom is -0.480 e. The van der Waals surface area contributed by atoms with Crippen LogP contribution in [0, 0.1) is 0 Å². The molecule has 1 aliphatic heterocycles. The molecule has 1 fully saturated rings. The minimum atomic E-state index is -0.866. The molecular formula is C3H5NO3S. The average molecular weight is 135 g/mol. The summed E-state index contributed by atoms with van der Waals surface area (Å²) in [5.74, 6) is -0.384. The molecule has 46 valence electrons. The molecule has 0 aromatic heterocycles. The number of carboxylic acid groups (broad SMARTS) is 1. The molecule has 0 aromatic carbocycles. The zero-order valence-electron chi connectivity index (χ0n) is 3.96. The van der Waals surface area contributed by atoms with Gasteiger partial charge in [0.15, 0.2) is 0 Å². The van der Waals surface area contributed by atoms with E-state index in [0.717, 1.165) is 12.0 Å². The zero-order valence-corrected chi connectivity index (χ0v) is 4.77. The molecule has 1 saturated heterocycles. The highest BCUT2D eigenvalue weighted by molar-refractivity contribution is 7.94. The standard InChI is InChI=1S/C3H5NO3S/c5-3(6)2-1-8-7-4-2/h2,4H,1H2,(H,5,6). The Balaban J connectivity index is 2.35. The number of carbonyl (C=O) groups is 1. The molecule has 0 spiro atoms. The van der Waals surface area contributed by atoms with E-state index in [1.165, 1.54) is 0 Å². The maximum atomic E-state index is 10.0. The van der Waals surface area contributed by atoms with Gasteiger partial charge < -0.3 is 5.11 Å². The van der Waals surface area contributed by atoms with Crippen LogP contribution in [0.1, 0.15) is 0 Å². The summed E-state index contributed by atoms with van der Waals surface area (Å²) >= 11 is 1.12. The van der Waals surface area contributed by atoms with Crippen LogP contribution in [0.15, 0.2) is 0 Å². The second-order valence-electron chi connectivity index (χ2n) is 1.38. The van der Waals surface area contributed by atoms with Crippen molar-refractivity contribution in [2.75, 3.05) is 5.75 Å². The molecule has 0 bridgehead atoms. The van der Waals surface area contributed by atoms with Crippen LogP contribution in [0.4, 0.5) is 0 Å². The molecular weight excluding hydrogens is 130 g/mol. The van der Waals surface area contributed by atoms with Crippen molar-refractivity contribution >= 4 is 18.0 Å². The van der Waals surface area contributed by atoms with E-state index in [4.69, 9.17) is 5.11 Å². The van der Waals surface area contributed by atoms with Crippen molar-refractivity contribution < 1.29 is 14.2 Å². The summed E-state index contributed by atoms with van der Waals surface area (Å²) in [5.41, 5.74) is 2.32. The summed E-state index contributed by atoms with van der Waals surface area (Å²) < 4.78 is 4.50. The third-order valence-electron chi connectivity index (χ3n) is 0.782. The Morgan fingerprint density at radius 3 is 3.00 bits per heavy atom. The van der Waals surface area contributed by atoms with Gasteiger partial charge in [0, 0.05) is 12.0 Å². The number of carboxylic acids is 1. The summed E-state index contributed by atoms with van der Waals surface area (Å²) in [4.78, 5) is 10.0. The Labute approximate surface area is 50.4 Å². The van der Waals surface area contributed by atoms with Crippen molar-refractivity contribution in [2.45, 2.75) is 6.04 Å². The first kappa shape index (κ1) is 5.87. The van der Waals surface area contributed by atoms with E-state index < -0.39 is 12.0 Å². The predicted octanol–water partition coefficient (Wildman–Crippen LogP) is -0.377. The molecule has 0 amide bonds. The first-order valence-electron chi connectivity index (χ1n) is 2.07. The summed E-state index contributed by atoms with van der Waals surface area (Å²) in [5, 5.41) is 8.26. The van der Waals surface area contributed by atoms with Gasteiger partial charge in [-0.2, -0.15) is 5.48 Å². The Morgan fingerprint density at radius 1 is 2.00 bits per heavy atom. The van der Waals surface area contributed by atoms with Gasteiger partial charge in [-0.05, 0) is 0 Å². The Morgan fingerprint density at radius 2 is 2.75 bits per heavy atom. The number of rotatable bonds is 1. The predicted molar refractivity (Wildman–Crippen MR) is 28.1 cm³/mol. The molecule has 1 heterocycles. The van der Waals surface area contributed by atoms with Crippen LogP contribution >= 0.6 is 12.0 Å². The molecule has 1 atom stereocenters. The Hall–Kier alpha value is -0.260. The number of hydroxylamine groups is 1. The van der Waals surface area contributed by atoms with Crippen LogP contribution < -0.4 is 5.48 Å². The second-order valence-corrected chi connectivity index (χ2v) is 2.11. The molecule has 0 radical (unpaired) electrons. The molecule has 8 heavy (non-hydrogen) atoms. The third-order valence-corrected chi connectivity index (χ3v) is 1.47. The molecule has 1 unspecified atom stereocenters. The zero-order chi connectivity index (χ0) is 5.98. The van der Waals surface area contributed by atoms with Crippen LogP contribution in [0.25, 0.3) is 0 Å². The van der Waals surface area contributed by atoms with Crippen LogP contribution in [0.3, 0.4) is 0 Å². The van der Waals surface area contributed by atoms with Gasteiger partial charge in [-0.25, -0.2) is 4.28 Å². The van der Waals surface area contributed by atoms with Crippen LogP contribution in [-0.4, -0.2) is 22.9 Å². The molecule has 2 N–H and O–H groups in total. The average Bonchev–Trinajstić information content (AvgIpc) is 2.12. The SMILES string of the molecule is O=C(O)C1CSON1. The fourth-order valence-corrected chi connectivity index (χ4v) is 0.949. The number of hydrogen-bond acceptors (Lipinski definition) is 4. The monoisotopic (exact) mass is 135 g/mol. The van der Waals surface area contributed by atoms with E-state index >= 15 is 0 Å². The lowest BCUT2D eigenvalue weighted by Gasteiger charge is -1.95. The lowest BCUT2D eigenvalue weighted by Crippen LogP contribution is -2.31. The summed E-state index contributed by atoms with van der Waals surface area (Å²) in [6.45, 7) is 0. The van der Waals surface area contributed by atoms with Crippen LogP contribution in [0.5, 0.6) is 0 Å². The molecule has 5 heteroatoms. The molecule has 1 rings (SSSR count). The van der Waals surface area contributed by atoms with Gasteiger partial charge in [0.2, 0.25) is 0 Å². The van der Waals surface area contributed by atoms with Gasteiger partial charge in [0.05, 0.1) is 5.75 Å². The summed E-state index contributed by atoms with van der Waals surface area (Å²) in [6, 6.07) is -0.528. The third kappa shape index (κ3) is 1.12. The van der Waals surface area contributed by atoms with Crippen molar-refractivity contribution in [3.05, 3.63) is 0 Å². The molecule has 0 saturated carbocycles. The van der Waals surface area contributed by atoms with Crippen molar-refractivity contribution in [1.29, 1.82) is 0 Å². The van der Waals surface area contributed by atoms with E-state index in [-0.39, 0.29) is 0 Å². The largest absolute Gasteiger partial charge is 0.480 e. The molecule has 0 aliphatic carbocycles. The highest BCUT2D eigenvalue weighted by Gasteiger charge is 2.22. The fraction of sp³-hybridized carbons (Fsp3) is 0.667. The van der Waals surface area contributed by atoms with Gasteiger partial charge in [-0.3, -0.25) is 4.79 Å². The minimum absolute atomic E-state index is 0.481. The van der Waals surface area contributed by atoms with Crippen molar-refractivity contribution in [3.63, 3.8) is 0 Å². The lowest BCUT2D eigenvalue weighted by atomic mass is 10.4. The van der Waals surface area contributed by atoms with E-state index in [0.29, 0.717) is 5.75 Å². The first-order chi connectivity index (χ1) is 3.80. The van der Waals surface area contributed by atoms with E-state index in [9.17, 15) is 4.79 Å². The van der Waals surface area contributed by atoms with Crippen LogP contribution in [-0.2, 0) is 9.08 Å².